The highest BCUT2D eigenvalue weighted by Gasteiger charge is 2.35. The lowest BCUT2D eigenvalue weighted by molar-refractivity contribution is -0.143. The third-order valence-corrected chi connectivity index (χ3v) is 3.43. The Balaban J connectivity index is 2.02. The first-order valence-electron chi connectivity index (χ1n) is 5.99. The molecule has 0 saturated carbocycles. The van der Waals surface area contributed by atoms with E-state index >= 15 is 0 Å². The SMILES string of the molecule is COC(=O)C1CCN1c1cccc2ncccc12. The highest BCUT2D eigenvalue weighted by Crippen LogP contribution is 2.32. The first-order valence-corrected chi connectivity index (χ1v) is 5.99. The van der Waals surface area contributed by atoms with Gasteiger partial charge in [0.1, 0.15) is 6.04 Å². The molecule has 2 aromatic rings. The molecule has 92 valence electrons. The minimum atomic E-state index is -0.165. The Kier molecular flexibility index (Phi) is 2.63. The van der Waals surface area contributed by atoms with Gasteiger partial charge in [-0.2, -0.15) is 0 Å². The highest BCUT2D eigenvalue weighted by atomic mass is 16.5. The molecule has 4 heteroatoms. The summed E-state index contributed by atoms with van der Waals surface area (Å²) in [6.07, 6.45) is 2.63. The van der Waals surface area contributed by atoms with Gasteiger partial charge < -0.3 is 9.64 Å². The van der Waals surface area contributed by atoms with Crippen LogP contribution in [-0.4, -0.2) is 30.6 Å². The molecule has 4 nitrogen and oxygen atoms in total. The van der Waals surface area contributed by atoms with E-state index in [4.69, 9.17) is 4.74 Å². The fraction of sp³-hybridized carbons (Fsp3) is 0.286. The number of nitrogens with zero attached hydrogens (tertiary/aromatic N) is 2. The van der Waals surface area contributed by atoms with Gasteiger partial charge in [-0.25, -0.2) is 4.79 Å². The molecule has 18 heavy (non-hydrogen) atoms. The summed E-state index contributed by atoms with van der Waals surface area (Å²) in [5.41, 5.74) is 2.01. The van der Waals surface area contributed by atoms with Crippen molar-refractivity contribution in [2.75, 3.05) is 18.6 Å². The zero-order valence-corrected chi connectivity index (χ0v) is 10.2. The third kappa shape index (κ3) is 1.61. The number of fused-ring (bicyclic) bond motifs is 1. The number of benzene rings is 1. The zero-order valence-electron chi connectivity index (χ0n) is 10.2. The Hall–Kier alpha value is -2.10. The predicted molar refractivity (Wildman–Crippen MR) is 69.5 cm³/mol. The Bertz CT molecular complexity index is 592. The van der Waals surface area contributed by atoms with Crippen molar-refractivity contribution in [1.29, 1.82) is 0 Å². The number of esters is 1. The van der Waals surface area contributed by atoms with E-state index in [1.165, 1.54) is 7.11 Å². The van der Waals surface area contributed by atoms with Crippen molar-refractivity contribution in [1.82, 2.24) is 4.98 Å². The van der Waals surface area contributed by atoms with Gasteiger partial charge in [0.15, 0.2) is 0 Å². The van der Waals surface area contributed by atoms with Crippen molar-refractivity contribution < 1.29 is 9.53 Å². The van der Waals surface area contributed by atoms with E-state index in [1.807, 2.05) is 30.3 Å². The van der Waals surface area contributed by atoms with Crippen molar-refractivity contribution in [3.05, 3.63) is 36.5 Å². The molecular formula is C14H14N2O2. The molecule has 1 aliphatic rings. The molecule has 0 radical (unpaired) electrons. The maximum absolute atomic E-state index is 11.6. The fourth-order valence-electron chi connectivity index (χ4n) is 2.39. The maximum atomic E-state index is 11.6. The highest BCUT2D eigenvalue weighted by molar-refractivity contribution is 5.94. The van der Waals surface area contributed by atoms with E-state index in [0.717, 1.165) is 29.6 Å². The molecule has 2 heterocycles. The average molecular weight is 242 g/mol. The quantitative estimate of drug-likeness (QED) is 0.755. The summed E-state index contributed by atoms with van der Waals surface area (Å²) in [6.45, 7) is 0.883. The molecule has 0 amide bonds. The van der Waals surface area contributed by atoms with Gasteiger partial charge in [-0.05, 0) is 30.7 Å². The second-order valence-electron chi connectivity index (χ2n) is 4.37. The van der Waals surface area contributed by atoms with Gasteiger partial charge in [-0.3, -0.25) is 4.98 Å². The largest absolute Gasteiger partial charge is 0.467 e. The first-order chi connectivity index (χ1) is 8.81. The summed E-state index contributed by atoms with van der Waals surface area (Å²) in [6, 6.07) is 9.77. The van der Waals surface area contributed by atoms with Crippen LogP contribution in [0.25, 0.3) is 10.9 Å². The van der Waals surface area contributed by atoms with Crippen LogP contribution in [0.15, 0.2) is 36.5 Å². The first kappa shape index (κ1) is 11.0. The van der Waals surface area contributed by atoms with Gasteiger partial charge in [-0.1, -0.05) is 6.07 Å². The summed E-state index contributed by atoms with van der Waals surface area (Å²) >= 11 is 0. The van der Waals surface area contributed by atoms with Crippen LogP contribution in [0.1, 0.15) is 6.42 Å². The number of pyridine rings is 1. The fourth-order valence-corrected chi connectivity index (χ4v) is 2.39. The van der Waals surface area contributed by atoms with E-state index in [0.29, 0.717) is 0 Å². The van der Waals surface area contributed by atoms with Crippen molar-refractivity contribution in [3.8, 4) is 0 Å². The van der Waals surface area contributed by atoms with Gasteiger partial charge in [-0.15, -0.1) is 0 Å². The molecule has 1 aliphatic heterocycles. The van der Waals surface area contributed by atoms with Crippen LogP contribution >= 0.6 is 0 Å². The van der Waals surface area contributed by atoms with Gasteiger partial charge in [0.2, 0.25) is 0 Å². The third-order valence-electron chi connectivity index (χ3n) is 3.43. The number of carbonyl (C=O) groups is 1. The predicted octanol–water partition coefficient (Wildman–Crippen LogP) is 1.99. The summed E-state index contributed by atoms with van der Waals surface area (Å²) in [7, 11) is 1.43. The molecule has 1 aromatic carbocycles. The van der Waals surface area contributed by atoms with E-state index in [-0.39, 0.29) is 12.0 Å². The van der Waals surface area contributed by atoms with Crippen molar-refractivity contribution in [3.63, 3.8) is 0 Å². The number of aromatic nitrogens is 1. The molecule has 1 saturated heterocycles. The van der Waals surface area contributed by atoms with E-state index in [2.05, 4.69) is 9.88 Å². The molecule has 1 atom stereocenters. The molecule has 0 bridgehead atoms. The number of anilines is 1. The van der Waals surface area contributed by atoms with Crippen LogP contribution in [0.4, 0.5) is 5.69 Å². The Morgan fingerprint density at radius 2 is 2.28 bits per heavy atom. The summed E-state index contributed by atoms with van der Waals surface area (Å²) < 4.78 is 4.82. The maximum Gasteiger partial charge on any atom is 0.328 e. The molecule has 0 aliphatic carbocycles. The Morgan fingerprint density at radius 1 is 1.39 bits per heavy atom. The van der Waals surface area contributed by atoms with E-state index in [1.54, 1.807) is 6.20 Å². The number of hydrogen-bond acceptors (Lipinski definition) is 4. The van der Waals surface area contributed by atoms with Crippen molar-refractivity contribution in [2.45, 2.75) is 12.5 Å². The standard InChI is InChI=1S/C14H14N2O2/c1-18-14(17)13-7-9-16(13)12-6-2-5-11-10(12)4-3-8-15-11/h2-6,8,13H,7,9H2,1H3. The monoisotopic (exact) mass is 242 g/mol. The van der Waals surface area contributed by atoms with Crippen LogP contribution < -0.4 is 4.90 Å². The Morgan fingerprint density at radius 3 is 3.00 bits per heavy atom. The normalized spacial score (nSPS) is 18.5. The van der Waals surface area contributed by atoms with Gasteiger partial charge in [0.25, 0.3) is 0 Å². The molecular weight excluding hydrogens is 228 g/mol. The summed E-state index contributed by atoms with van der Waals surface area (Å²) in [5.74, 6) is -0.165. The number of methoxy groups -OCH3 is 1. The summed E-state index contributed by atoms with van der Waals surface area (Å²) in [5, 5.41) is 1.08. The van der Waals surface area contributed by atoms with Crippen molar-refractivity contribution in [2.24, 2.45) is 0 Å². The zero-order chi connectivity index (χ0) is 12.5. The van der Waals surface area contributed by atoms with Gasteiger partial charge in [0, 0.05) is 23.8 Å². The number of ether oxygens (including phenoxy) is 1. The minimum absolute atomic E-state index is 0.152. The number of hydrogen-bond donors (Lipinski definition) is 0. The van der Waals surface area contributed by atoms with Crippen LogP contribution in [0.5, 0.6) is 0 Å². The lowest BCUT2D eigenvalue weighted by Crippen LogP contribution is -2.53. The molecule has 1 unspecified atom stereocenters. The number of carbonyl (C=O) groups excluding carboxylic acids is 1. The lowest BCUT2D eigenvalue weighted by atomic mass is 10.00. The molecule has 0 spiro atoms. The number of rotatable bonds is 2. The summed E-state index contributed by atoms with van der Waals surface area (Å²) in [4.78, 5) is 18.0. The molecule has 1 fully saturated rings. The Labute approximate surface area is 105 Å². The van der Waals surface area contributed by atoms with Crippen LogP contribution in [0.2, 0.25) is 0 Å². The van der Waals surface area contributed by atoms with Crippen LogP contribution in [-0.2, 0) is 9.53 Å². The van der Waals surface area contributed by atoms with E-state index < -0.39 is 0 Å². The second-order valence-corrected chi connectivity index (χ2v) is 4.37. The topological polar surface area (TPSA) is 42.4 Å². The smallest absolute Gasteiger partial charge is 0.328 e. The minimum Gasteiger partial charge on any atom is -0.467 e. The molecule has 0 N–H and O–H groups in total. The van der Waals surface area contributed by atoms with E-state index in [9.17, 15) is 4.79 Å². The lowest BCUT2D eigenvalue weighted by Gasteiger charge is -2.41. The van der Waals surface area contributed by atoms with Crippen LogP contribution in [0, 0.1) is 0 Å². The van der Waals surface area contributed by atoms with Gasteiger partial charge in [0.05, 0.1) is 12.6 Å². The van der Waals surface area contributed by atoms with Crippen molar-refractivity contribution >= 4 is 22.6 Å². The van der Waals surface area contributed by atoms with Crippen LogP contribution in [0.3, 0.4) is 0 Å². The molecule has 3 rings (SSSR count). The second kappa shape index (κ2) is 4.29. The molecule has 1 aromatic heterocycles. The average Bonchev–Trinajstić information content (AvgIpc) is 2.38. The van der Waals surface area contributed by atoms with Gasteiger partial charge >= 0.3 is 5.97 Å².